The Morgan fingerprint density at radius 1 is 1.09 bits per heavy atom. The first-order valence-electron chi connectivity index (χ1n) is 17.7. The van der Waals surface area contributed by atoms with Crippen molar-refractivity contribution < 1.29 is 38.9 Å². The molecule has 0 spiro atoms. The summed E-state index contributed by atoms with van der Waals surface area (Å²) in [6, 6.07) is 9.08. The van der Waals surface area contributed by atoms with Crippen molar-refractivity contribution in [2.75, 3.05) is 18.6 Å². The SMILES string of the molecule is COc1cc(C2C3=CCC4C(=O)N(CCCC(=O)O)C(=O)C4C3CC3C(=O)N(c4cc(-c5sc6ccc(Cl)cc6c5C)nn4C)C(=O)C32C)c(Br)c(Br)c1O. The third kappa shape index (κ3) is 5.54. The number of methoxy groups -OCH3 is 1. The van der Waals surface area contributed by atoms with E-state index in [1.807, 2.05) is 31.2 Å². The van der Waals surface area contributed by atoms with E-state index in [4.69, 9.17) is 21.4 Å². The molecule has 2 saturated heterocycles. The molecular weight excluding hydrogens is 880 g/mol. The topological polar surface area (TPSA) is 159 Å². The Balaban J connectivity index is 1.25. The fourth-order valence-corrected chi connectivity index (χ4v) is 11.7. The molecule has 4 amide bonds. The minimum absolute atomic E-state index is 0.0163. The number of rotatable bonds is 8. The summed E-state index contributed by atoms with van der Waals surface area (Å²) in [5, 5.41) is 26.5. The molecule has 2 aliphatic heterocycles. The minimum Gasteiger partial charge on any atom is -0.503 e. The lowest BCUT2D eigenvalue weighted by Gasteiger charge is -2.49. The van der Waals surface area contributed by atoms with Gasteiger partial charge in [-0.2, -0.15) is 5.10 Å². The highest BCUT2D eigenvalue weighted by Crippen LogP contribution is 2.65. The van der Waals surface area contributed by atoms with Gasteiger partial charge >= 0.3 is 5.97 Å². The number of aliphatic carboxylic acids is 1. The number of fused-ring (bicyclic) bond motifs is 5. The van der Waals surface area contributed by atoms with Crippen LogP contribution >= 0.6 is 54.8 Å². The van der Waals surface area contributed by atoms with Gasteiger partial charge in [-0.15, -0.1) is 11.3 Å². The fourth-order valence-electron chi connectivity index (χ4n) is 9.44. The number of ether oxygens (including phenoxy) is 1. The van der Waals surface area contributed by atoms with E-state index in [0.29, 0.717) is 31.0 Å². The van der Waals surface area contributed by atoms with Gasteiger partial charge in [0.2, 0.25) is 23.6 Å². The number of benzene rings is 2. The number of carboxylic acids is 1. The quantitative estimate of drug-likeness (QED) is 0.134. The molecule has 0 radical (unpaired) electrons. The monoisotopic (exact) mass is 912 g/mol. The third-order valence-electron chi connectivity index (χ3n) is 12.1. The van der Waals surface area contributed by atoms with Crippen LogP contribution in [-0.2, 0) is 31.0 Å². The molecule has 2 aliphatic carbocycles. The summed E-state index contributed by atoms with van der Waals surface area (Å²) in [5.41, 5.74) is 1.50. The molecule has 6 atom stereocenters. The van der Waals surface area contributed by atoms with Crippen LogP contribution in [0.3, 0.4) is 0 Å². The van der Waals surface area contributed by atoms with Gasteiger partial charge in [-0.05, 0) is 112 Å². The van der Waals surface area contributed by atoms with Gasteiger partial charge in [0.25, 0.3) is 0 Å². The molecule has 16 heteroatoms. The smallest absolute Gasteiger partial charge is 0.303 e. The Kier molecular flexibility index (Phi) is 9.33. The second kappa shape index (κ2) is 13.6. The molecule has 1 saturated carbocycles. The Hall–Kier alpha value is -4.05. The molecule has 2 N–H and O–H groups in total. The second-order valence-corrected chi connectivity index (χ2v) is 17.9. The molecule has 4 heterocycles. The van der Waals surface area contributed by atoms with Gasteiger partial charge in [0.1, 0.15) is 11.5 Å². The van der Waals surface area contributed by atoms with Crippen molar-refractivity contribution in [1.82, 2.24) is 14.7 Å². The number of carboxylic acid groups (broad SMARTS) is 1. The zero-order valence-corrected chi connectivity index (χ0v) is 34.8. The zero-order chi connectivity index (χ0) is 39.4. The zero-order valence-electron chi connectivity index (χ0n) is 30.1. The number of hydrogen-bond acceptors (Lipinski definition) is 9. The molecular formula is C39H35Br2ClN4O8S. The number of amides is 4. The van der Waals surface area contributed by atoms with Gasteiger partial charge in [-0.3, -0.25) is 33.6 Å². The van der Waals surface area contributed by atoms with E-state index in [1.165, 1.54) is 21.6 Å². The highest BCUT2D eigenvalue weighted by molar-refractivity contribution is 9.13. The number of imide groups is 2. The van der Waals surface area contributed by atoms with E-state index in [2.05, 4.69) is 31.9 Å². The van der Waals surface area contributed by atoms with Crippen LogP contribution in [0.1, 0.15) is 49.7 Å². The Morgan fingerprint density at radius 2 is 1.84 bits per heavy atom. The number of hydrogen-bond donors (Lipinski definition) is 2. The van der Waals surface area contributed by atoms with E-state index < -0.39 is 58.7 Å². The van der Waals surface area contributed by atoms with Gasteiger partial charge in [0.15, 0.2) is 11.5 Å². The summed E-state index contributed by atoms with van der Waals surface area (Å²) in [6.07, 6.45) is 2.24. The molecule has 12 nitrogen and oxygen atoms in total. The lowest BCUT2D eigenvalue weighted by atomic mass is 9.51. The molecule has 286 valence electrons. The van der Waals surface area contributed by atoms with Crippen LogP contribution < -0.4 is 9.64 Å². The number of thiophene rings is 1. The number of aromatic nitrogens is 2. The standard InChI is InChI=1S/C39H35Br2ClN4O8S/c1-16-20-12-17(42)7-10-26(20)55-34(16)24-15-27(44(3)43-24)46-36(51)23-13-21-18(8-9-19-29(21)37(52)45(35(19)50)11-5-6-28(47)48)30(39(23,2)38(46)53)22-14-25(54-4)33(49)32(41)31(22)40/h7-8,10,12,14-15,19,21,23,29-30,49H,5-6,9,11,13H2,1-4H3,(H,47,48). The number of likely N-dealkylation sites (tertiary alicyclic amines) is 1. The predicted molar refractivity (Wildman–Crippen MR) is 212 cm³/mol. The minimum atomic E-state index is -1.38. The number of halogens is 3. The molecule has 6 unspecified atom stereocenters. The van der Waals surface area contributed by atoms with E-state index >= 15 is 4.79 Å². The van der Waals surface area contributed by atoms with Crippen molar-refractivity contribution in [3.8, 4) is 22.1 Å². The van der Waals surface area contributed by atoms with E-state index in [9.17, 15) is 29.4 Å². The van der Waals surface area contributed by atoms with E-state index in [0.717, 1.165) is 26.1 Å². The number of allylic oxidation sites excluding steroid dienone is 2. The Morgan fingerprint density at radius 3 is 2.55 bits per heavy atom. The molecule has 2 aromatic heterocycles. The number of anilines is 1. The van der Waals surface area contributed by atoms with Crippen molar-refractivity contribution in [3.05, 3.63) is 67.1 Å². The molecule has 4 aliphatic rings. The molecule has 4 aromatic rings. The highest BCUT2D eigenvalue weighted by Gasteiger charge is 2.68. The predicted octanol–water partition coefficient (Wildman–Crippen LogP) is 7.60. The summed E-state index contributed by atoms with van der Waals surface area (Å²) >= 11 is 15.0. The number of phenolic OH excluding ortho intramolecular Hbond substituents is 1. The van der Waals surface area contributed by atoms with Crippen LogP contribution in [0.5, 0.6) is 11.5 Å². The maximum absolute atomic E-state index is 15.2. The first kappa shape index (κ1) is 37.9. The number of carbonyl (C=O) groups is 5. The van der Waals surface area contributed by atoms with Crippen molar-refractivity contribution >= 4 is 100 Å². The fraction of sp³-hybridized carbons (Fsp3) is 0.385. The van der Waals surface area contributed by atoms with E-state index in [1.54, 1.807) is 37.4 Å². The van der Waals surface area contributed by atoms with Gasteiger partial charge in [0.05, 0.1) is 39.6 Å². The molecule has 0 bridgehead atoms. The van der Waals surface area contributed by atoms with Crippen molar-refractivity contribution in [2.45, 2.75) is 45.4 Å². The Bertz CT molecular complexity index is 2430. The summed E-state index contributed by atoms with van der Waals surface area (Å²) < 4.78 is 8.85. The van der Waals surface area contributed by atoms with E-state index in [-0.39, 0.29) is 49.6 Å². The van der Waals surface area contributed by atoms with Crippen LogP contribution in [0, 0.1) is 36.0 Å². The summed E-state index contributed by atoms with van der Waals surface area (Å²) in [4.78, 5) is 72.5. The van der Waals surface area contributed by atoms with Crippen molar-refractivity contribution in [1.29, 1.82) is 0 Å². The van der Waals surface area contributed by atoms with Crippen LogP contribution in [-0.4, -0.2) is 68.1 Å². The summed E-state index contributed by atoms with van der Waals surface area (Å²) in [7, 11) is 3.10. The van der Waals surface area contributed by atoms with Gasteiger partial charge in [-0.1, -0.05) is 23.3 Å². The molecule has 3 fully saturated rings. The summed E-state index contributed by atoms with van der Waals surface area (Å²) in [5.74, 6) is -6.13. The lowest BCUT2D eigenvalue weighted by molar-refractivity contribution is -0.142. The highest BCUT2D eigenvalue weighted by atomic mass is 79.9. The van der Waals surface area contributed by atoms with Crippen LogP contribution in [0.2, 0.25) is 5.02 Å². The van der Waals surface area contributed by atoms with Crippen LogP contribution in [0.25, 0.3) is 20.7 Å². The largest absolute Gasteiger partial charge is 0.503 e. The maximum Gasteiger partial charge on any atom is 0.303 e. The normalized spacial score (nSPS) is 26.1. The van der Waals surface area contributed by atoms with Gasteiger partial charge in [-0.25, -0.2) is 4.90 Å². The third-order valence-corrected chi connectivity index (χ3v) is 15.7. The summed E-state index contributed by atoms with van der Waals surface area (Å²) in [6.45, 7) is 3.75. The first-order valence-corrected chi connectivity index (χ1v) is 20.5. The second-order valence-electron chi connectivity index (χ2n) is 14.8. The van der Waals surface area contributed by atoms with Crippen LogP contribution in [0.15, 0.2) is 50.9 Å². The van der Waals surface area contributed by atoms with Crippen molar-refractivity contribution in [2.24, 2.45) is 36.1 Å². The molecule has 2 aromatic carbocycles. The van der Waals surface area contributed by atoms with Gasteiger partial charge in [0, 0.05) is 46.2 Å². The Labute approximate surface area is 341 Å². The average molecular weight is 915 g/mol. The number of carbonyl (C=O) groups excluding carboxylic acids is 4. The maximum atomic E-state index is 15.2. The first-order chi connectivity index (χ1) is 26.1. The van der Waals surface area contributed by atoms with Crippen molar-refractivity contribution in [3.63, 3.8) is 0 Å². The molecule has 55 heavy (non-hydrogen) atoms. The number of phenols is 1. The van der Waals surface area contributed by atoms with Gasteiger partial charge < -0.3 is 14.9 Å². The lowest BCUT2D eigenvalue weighted by Crippen LogP contribution is -2.49. The van der Waals surface area contributed by atoms with Crippen LogP contribution in [0.4, 0.5) is 5.82 Å². The molecule has 8 rings (SSSR count). The number of nitrogens with zero attached hydrogens (tertiary/aromatic N) is 4. The average Bonchev–Trinajstić information content (AvgIpc) is 3.81. The number of aryl methyl sites for hydroxylation is 2. The number of aromatic hydroxyl groups is 1.